The molecule has 1 heterocycles. The summed E-state index contributed by atoms with van der Waals surface area (Å²) >= 11 is 0. The largest absolute Gasteiger partial charge is 0.478 e. The highest BCUT2D eigenvalue weighted by molar-refractivity contribution is 5.85. The average Bonchev–Trinajstić information content (AvgIpc) is 3.22. The van der Waals surface area contributed by atoms with Gasteiger partial charge in [0.05, 0.1) is 0 Å². The molecular weight excluding hydrogens is 258 g/mol. The van der Waals surface area contributed by atoms with Gasteiger partial charge in [-0.25, -0.2) is 9.59 Å². The highest BCUT2D eigenvalue weighted by Gasteiger charge is 2.01. The third-order valence-electron chi connectivity index (χ3n) is 2.25. The monoisotopic (exact) mass is 285 g/mol. The molecule has 0 aliphatic carbocycles. The second-order valence-corrected chi connectivity index (χ2v) is 4.55. The van der Waals surface area contributed by atoms with Crippen LogP contribution < -0.4 is 5.32 Å². The summed E-state index contributed by atoms with van der Waals surface area (Å²) in [7, 11) is 0. The van der Waals surface area contributed by atoms with E-state index in [4.69, 9.17) is 10.2 Å². The highest BCUT2D eigenvalue weighted by atomic mass is 16.4. The number of aliphatic carboxylic acids is 2. The van der Waals surface area contributed by atoms with E-state index in [2.05, 4.69) is 25.4 Å². The van der Waals surface area contributed by atoms with Crippen LogP contribution >= 0.6 is 0 Å². The molecule has 1 fully saturated rings. The molecule has 5 heteroatoms. The van der Waals surface area contributed by atoms with Crippen molar-refractivity contribution in [2.45, 2.75) is 46.0 Å². The molecule has 0 atom stereocenters. The Morgan fingerprint density at radius 3 is 1.75 bits per heavy atom. The first-order chi connectivity index (χ1) is 9.32. The van der Waals surface area contributed by atoms with Gasteiger partial charge >= 0.3 is 11.9 Å². The van der Waals surface area contributed by atoms with Crippen molar-refractivity contribution in [2.75, 3.05) is 13.1 Å². The van der Waals surface area contributed by atoms with E-state index in [0.717, 1.165) is 12.8 Å². The molecule has 3 N–H and O–H groups in total. The lowest BCUT2D eigenvalue weighted by Crippen LogP contribution is -1.98. The maximum absolute atomic E-state index is 10.3. The zero-order chi connectivity index (χ0) is 16.0. The number of carboxylic acid groups (broad SMARTS) is 2. The van der Waals surface area contributed by atoms with Crippen molar-refractivity contribution >= 4 is 11.9 Å². The van der Waals surface area contributed by atoms with Crippen LogP contribution in [-0.4, -0.2) is 35.2 Å². The van der Waals surface area contributed by atoms with Gasteiger partial charge in [0.15, 0.2) is 0 Å². The number of hydrogen-bond acceptors (Lipinski definition) is 3. The van der Waals surface area contributed by atoms with Gasteiger partial charge in [0.25, 0.3) is 0 Å². The van der Waals surface area contributed by atoms with E-state index in [0.29, 0.717) is 12.0 Å². The molecule has 0 bridgehead atoms. The Morgan fingerprint density at radius 2 is 1.50 bits per heavy atom. The first-order valence-corrected chi connectivity index (χ1v) is 6.83. The van der Waals surface area contributed by atoms with E-state index in [1.807, 2.05) is 0 Å². The molecule has 0 saturated carbocycles. The molecule has 0 aromatic heterocycles. The summed E-state index contributed by atoms with van der Waals surface area (Å²) in [5, 5.41) is 19.3. The first-order valence-electron chi connectivity index (χ1n) is 6.83. The molecule has 116 valence electrons. The molecule has 20 heavy (non-hydrogen) atoms. The van der Waals surface area contributed by atoms with E-state index in [1.54, 1.807) is 0 Å². The second kappa shape index (κ2) is 13.8. The third kappa shape index (κ3) is 21.6. The lowest BCUT2D eigenvalue weighted by atomic mass is 10.1. The second-order valence-electron chi connectivity index (χ2n) is 4.55. The van der Waals surface area contributed by atoms with Crippen LogP contribution in [0.1, 0.15) is 46.0 Å². The number of hydrogen-bond donors (Lipinski definition) is 3. The van der Waals surface area contributed by atoms with Crippen molar-refractivity contribution < 1.29 is 19.8 Å². The highest BCUT2D eigenvalue weighted by Crippen LogP contribution is 2.07. The van der Waals surface area contributed by atoms with Gasteiger partial charge in [-0.1, -0.05) is 39.3 Å². The minimum atomic E-state index is -0.935. The minimum Gasteiger partial charge on any atom is -0.478 e. The van der Waals surface area contributed by atoms with Crippen LogP contribution in [0.15, 0.2) is 24.3 Å². The van der Waals surface area contributed by atoms with Crippen molar-refractivity contribution in [3.63, 3.8) is 0 Å². The minimum absolute atomic E-state index is 0.176. The van der Waals surface area contributed by atoms with Gasteiger partial charge in [-0.3, -0.25) is 0 Å². The summed E-state index contributed by atoms with van der Waals surface area (Å²) in [6.07, 6.45) is 5.07. The normalized spacial score (nSPS) is 11.1. The van der Waals surface area contributed by atoms with E-state index in [1.165, 1.54) is 32.9 Å². The fraction of sp³-hybridized carbons (Fsp3) is 0.600. The molecule has 0 unspecified atom stereocenters. The third-order valence-corrected chi connectivity index (χ3v) is 2.25. The Labute approximate surface area is 121 Å². The van der Waals surface area contributed by atoms with Gasteiger partial charge in [0, 0.05) is 24.2 Å². The average molecular weight is 285 g/mol. The molecule has 0 radical (unpaired) electrons. The van der Waals surface area contributed by atoms with Crippen LogP contribution in [0, 0.1) is 0 Å². The molecule has 0 spiro atoms. The van der Waals surface area contributed by atoms with Crippen LogP contribution in [0.5, 0.6) is 0 Å². The smallest absolute Gasteiger partial charge is 0.330 e. The lowest BCUT2D eigenvalue weighted by molar-refractivity contribution is -0.133. The van der Waals surface area contributed by atoms with Crippen LogP contribution in [0.2, 0.25) is 0 Å². The molecule has 1 aliphatic rings. The van der Waals surface area contributed by atoms with Crippen LogP contribution in [0.25, 0.3) is 0 Å². The van der Waals surface area contributed by atoms with Crippen molar-refractivity contribution in [3.05, 3.63) is 24.3 Å². The standard InChI is InChI=1S/C9H16O2.C4H6O2.C2H5N/c1-3-4-5-6-7-8(2)9(10)11;1-3(2)4(5)6;1-2-3-1/h2-7H2,1H3,(H,10,11);1H2,2H3,(H,5,6);3H,1-2H2. The van der Waals surface area contributed by atoms with Crippen LogP contribution in [0.3, 0.4) is 0 Å². The first kappa shape index (κ1) is 20.7. The summed E-state index contributed by atoms with van der Waals surface area (Å²) in [6.45, 7) is 12.7. The Bertz CT molecular complexity index is 307. The summed E-state index contributed by atoms with van der Waals surface area (Å²) in [4.78, 5) is 19.9. The topological polar surface area (TPSA) is 96.5 Å². The Morgan fingerprint density at radius 1 is 1.05 bits per heavy atom. The number of rotatable bonds is 7. The molecule has 0 amide bonds. The predicted molar refractivity (Wildman–Crippen MR) is 80.9 cm³/mol. The zero-order valence-corrected chi connectivity index (χ0v) is 12.6. The fourth-order valence-corrected chi connectivity index (χ4v) is 0.872. The molecule has 1 saturated heterocycles. The molecular formula is C15H27NO4. The van der Waals surface area contributed by atoms with Crippen molar-refractivity contribution in [3.8, 4) is 0 Å². The zero-order valence-electron chi connectivity index (χ0n) is 12.6. The number of carbonyl (C=O) groups is 2. The molecule has 5 nitrogen and oxygen atoms in total. The number of nitrogens with one attached hydrogen (secondary N) is 1. The maximum atomic E-state index is 10.3. The van der Waals surface area contributed by atoms with E-state index in [-0.39, 0.29) is 5.57 Å². The Hall–Kier alpha value is -1.62. The van der Waals surface area contributed by atoms with Gasteiger partial charge in [0.1, 0.15) is 0 Å². The quantitative estimate of drug-likeness (QED) is 0.379. The van der Waals surface area contributed by atoms with Crippen molar-refractivity contribution in [1.82, 2.24) is 5.32 Å². The van der Waals surface area contributed by atoms with Gasteiger partial charge in [-0.05, 0) is 19.8 Å². The number of unbranched alkanes of at least 4 members (excludes halogenated alkanes) is 3. The van der Waals surface area contributed by atoms with Crippen molar-refractivity contribution in [2.24, 2.45) is 0 Å². The van der Waals surface area contributed by atoms with Gasteiger partial charge in [0.2, 0.25) is 0 Å². The Kier molecular flexibility index (Phi) is 14.3. The van der Waals surface area contributed by atoms with Gasteiger partial charge in [-0.2, -0.15) is 0 Å². The number of carboxylic acids is 2. The van der Waals surface area contributed by atoms with E-state index >= 15 is 0 Å². The lowest BCUT2D eigenvalue weighted by Gasteiger charge is -1.98. The molecule has 1 rings (SSSR count). The summed E-state index contributed by atoms with van der Waals surface area (Å²) in [5.41, 5.74) is 0.510. The SMILES string of the molecule is C1CN1.C=C(C)C(=O)O.C=C(CCCCCC)C(=O)O. The van der Waals surface area contributed by atoms with Crippen molar-refractivity contribution in [1.29, 1.82) is 0 Å². The molecule has 0 aromatic rings. The van der Waals surface area contributed by atoms with Gasteiger partial charge in [-0.15, -0.1) is 0 Å². The molecule has 0 aromatic carbocycles. The maximum Gasteiger partial charge on any atom is 0.330 e. The predicted octanol–water partition coefficient (Wildman–Crippen LogP) is 2.83. The van der Waals surface area contributed by atoms with Gasteiger partial charge < -0.3 is 15.5 Å². The van der Waals surface area contributed by atoms with Crippen LogP contribution in [0.4, 0.5) is 0 Å². The van der Waals surface area contributed by atoms with E-state index < -0.39 is 11.9 Å². The Balaban J connectivity index is 0. The van der Waals surface area contributed by atoms with Crippen LogP contribution in [-0.2, 0) is 9.59 Å². The van der Waals surface area contributed by atoms with E-state index in [9.17, 15) is 9.59 Å². The summed E-state index contributed by atoms with van der Waals surface area (Å²) in [6, 6.07) is 0. The summed E-state index contributed by atoms with van der Waals surface area (Å²) < 4.78 is 0. The fourth-order valence-electron chi connectivity index (χ4n) is 0.872. The molecule has 1 aliphatic heterocycles. The summed E-state index contributed by atoms with van der Waals surface area (Å²) in [5.74, 6) is -1.79.